The van der Waals surface area contributed by atoms with Crippen LogP contribution in [0.4, 0.5) is 30.2 Å². The van der Waals surface area contributed by atoms with E-state index in [0.29, 0.717) is 18.5 Å². The van der Waals surface area contributed by atoms with Crippen molar-refractivity contribution in [2.75, 3.05) is 22.5 Å². The van der Waals surface area contributed by atoms with Crippen LogP contribution in [0, 0.1) is 6.92 Å². The topological polar surface area (TPSA) is 138 Å². The largest absolute Gasteiger partial charge is 0.480 e. The molecule has 0 radical (unpaired) electrons. The van der Waals surface area contributed by atoms with Gasteiger partial charge in [0, 0.05) is 18.7 Å². The molecule has 1 amide bonds. The first-order valence-electron chi connectivity index (χ1n) is 10.6. The first kappa shape index (κ1) is 25.5. The van der Waals surface area contributed by atoms with Crippen LogP contribution >= 0.6 is 0 Å². The predicted octanol–water partition coefficient (Wildman–Crippen LogP) is 3.38. The highest BCUT2D eigenvalue weighted by atomic mass is 19.4. The van der Waals surface area contributed by atoms with Gasteiger partial charge in [0.2, 0.25) is 5.76 Å². The first-order valence-corrected chi connectivity index (χ1v) is 10.6. The van der Waals surface area contributed by atoms with Gasteiger partial charge in [-0.1, -0.05) is 19.1 Å². The Labute approximate surface area is 196 Å². The standard InChI is InChI=1S/C23H22F3N3O6/c1-3-8-27-16-17(19(31)18(16)30)29-15(22(33)34)10-12-4-6-13(7-5-12)28-21(32)14-9-11(2)35-20(14)23(24,25)26/h4-7,9,15,27,29H,3,8,10H2,1-2H3,(H,28,32)(H,33,34)/t15-/m0/s1. The third-order valence-electron chi connectivity index (χ3n) is 5.09. The van der Waals surface area contributed by atoms with Crippen molar-refractivity contribution >= 4 is 28.9 Å². The molecule has 4 N–H and O–H groups in total. The minimum atomic E-state index is -4.84. The van der Waals surface area contributed by atoms with E-state index in [1.54, 1.807) is 0 Å². The third kappa shape index (κ3) is 5.70. The summed E-state index contributed by atoms with van der Waals surface area (Å²) in [5.41, 5.74) is -1.54. The Morgan fingerprint density at radius 3 is 2.29 bits per heavy atom. The number of amides is 1. The number of furan rings is 1. The van der Waals surface area contributed by atoms with E-state index < -0.39 is 46.3 Å². The van der Waals surface area contributed by atoms with Crippen molar-refractivity contribution in [2.45, 2.75) is 38.9 Å². The predicted molar refractivity (Wildman–Crippen MR) is 122 cm³/mol. The van der Waals surface area contributed by atoms with Crippen LogP contribution in [0.5, 0.6) is 0 Å². The number of halogens is 3. The van der Waals surface area contributed by atoms with Gasteiger partial charge in [-0.05, 0) is 37.1 Å². The third-order valence-corrected chi connectivity index (χ3v) is 5.09. The van der Waals surface area contributed by atoms with E-state index in [9.17, 15) is 37.5 Å². The maximum atomic E-state index is 13.1. The molecule has 0 saturated carbocycles. The van der Waals surface area contributed by atoms with Gasteiger partial charge in [-0.25, -0.2) is 4.79 Å². The Morgan fingerprint density at radius 2 is 1.71 bits per heavy atom. The molecule has 0 spiro atoms. The molecule has 35 heavy (non-hydrogen) atoms. The van der Waals surface area contributed by atoms with E-state index >= 15 is 0 Å². The Bertz CT molecular complexity index is 1300. The molecular weight excluding hydrogens is 471 g/mol. The minimum absolute atomic E-state index is 0.0499. The van der Waals surface area contributed by atoms with Crippen LogP contribution in [0.1, 0.15) is 40.8 Å². The summed E-state index contributed by atoms with van der Waals surface area (Å²) < 4.78 is 43.8. The number of benzene rings is 1. The number of aliphatic carboxylic acids is 1. The number of carbonyl (C=O) groups is 2. The van der Waals surface area contributed by atoms with Gasteiger partial charge in [-0.2, -0.15) is 13.2 Å². The van der Waals surface area contributed by atoms with E-state index in [2.05, 4.69) is 20.4 Å². The number of aryl methyl sites for hydroxylation is 1. The fourth-order valence-electron chi connectivity index (χ4n) is 3.37. The lowest BCUT2D eigenvalue weighted by Gasteiger charge is -2.20. The fourth-order valence-corrected chi connectivity index (χ4v) is 3.37. The molecule has 1 heterocycles. The molecule has 0 unspecified atom stereocenters. The summed E-state index contributed by atoms with van der Waals surface area (Å²) in [5, 5.41) is 17.3. The Morgan fingerprint density at radius 1 is 1.09 bits per heavy atom. The SMILES string of the molecule is CCCNc1c(N[C@@H](Cc2ccc(NC(=O)c3cc(C)oc3C(F)(F)F)cc2)C(=O)O)c(=O)c1=O. The summed E-state index contributed by atoms with van der Waals surface area (Å²) in [5.74, 6) is -3.74. The van der Waals surface area contributed by atoms with Crippen molar-refractivity contribution < 1.29 is 32.3 Å². The molecule has 0 fully saturated rings. The van der Waals surface area contributed by atoms with Crippen molar-refractivity contribution in [3.05, 3.63) is 73.4 Å². The molecule has 3 aromatic rings. The number of alkyl halides is 3. The van der Waals surface area contributed by atoms with Crippen molar-refractivity contribution in [1.29, 1.82) is 0 Å². The monoisotopic (exact) mass is 493 g/mol. The number of carboxylic acid groups (broad SMARTS) is 1. The number of anilines is 3. The van der Waals surface area contributed by atoms with Crippen LogP contribution in [0.25, 0.3) is 0 Å². The van der Waals surface area contributed by atoms with Crippen LogP contribution in [-0.4, -0.2) is 29.6 Å². The summed E-state index contributed by atoms with van der Waals surface area (Å²) in [4.78, 5) is 47.7. The smallest absolute Gasteiger partial charge is 0.450 e. The molecule has 0 aliphatic rings. The van der Waals surface area contributed by atoms with Crippen molar-refractivity contribution in [2.24, 2.45) is 0 Å². The highest BCUT2D eigenvalue weighted by Gasteiger charge is 2.40. The van der Waals surface area contributed by atoms with Gasteiger partial charge in [0.1, 0.15) is 23.2 Å². The van der Waals surface area contributed by atoms with Crippen LogP contribution in [0.3, 0.4) is 0 Å². The van der Waals surface area contributed by atoms with Gasteiger partial charge in [0.05, 0.1) is 5.56 Å². The van der Waals surface area contributed by atoms with Gasteiger partial charge >= 0.3 is 12.1 Å². The summed E-state index contributed by atoms with van der Waals surface area (Å²) in [6.07, 6.45) is -4.21. The van der Waals surface area contributed by atoms with Crippen molar-refractivity contribution in [3.63, 3.8) is 0 Å². The maximum Gasteiger partial charge on any atom is 0.450 e. The average Bonchev–Trinajstić information content (AvgIpc) is 3.21. The maximum absolute atomic E-state index is 13.1. The zero-order valence-corrected chi connectivity index (χ0v) is 18.7. The minimum Gasteiger partial charge on any atom is -0.480 e. The quantitative estimate of drug-likeness (QED) is 0.316. The number of carbonyl (C=O) groups excluding carboxylic acids is 1. The fraction of sp³-hybridized carbons (Fsp3) is 0.304. The summed E-state index contributed by atoms with van der Waals surface area (Å²) in [7, 11) is 0. The van der Waals surface area contributed by atoms with Crippen molar-refractivity contribution in [1.82, 2.24) is 0 Å². The summed E-state index contributed by atoms with van der Waals surface area (Å²) in [6.45, 7) is 3.59. The van der Waals surface area contributed by atoms with Crippen LogP contribution < -0.4 is 26.8 Å². The van der Waals surface area contributed by atoms with Gasteiger partial charge in [-0.15, -0.1) is 0 Å². The van der Waals surface area contributed by atoms with Crippen LogP contribution in [-0.2, 0) is 17.4 Å². The number of hydrogen-bond acceptors (Lipinski definition) is 7. The lowest BCUT2D eigenvalue weighted by molar-refractivity contribution is -0.153. The molecule has 12 heteroatoms. The lowest BCUT2D eigenvalue weighted by Crippen LogP contribution is -2.42. The molecule has 1 atom stereocenters. The average molecular weight is 493 g/mol. The first-order chi connectivity index (χ1) is 16.4. The second-order valence-electron chi connectivity index (χ2n) is 7.82. The van der Waals surface area contributed by atoms with E-state index in [4.69, 9.17) is 0 Å². The highest BCUT2D eigenvalue weighted by molar-refractivity contribution is 6.05. The second kappa shape index (κ2) is 10.0. The molecule has 0 bridgehead atoms. The normalized spacial score (nSPS) is 12.4. The number of carboxylic acids is 1. The van der Waals surface area contributed by atoms with Gasteiger partial charge in [-0.3, -0.25) is 14.4 Å². The number of hydrogen-bond donors (Lipinski definition) is 4. The molecule has 2 aromatic carbocycles. The van der Waals surface area contributed by atoms with Crippen LogP contribution in [0.15, 0.2) is 44.3 Å². The molecule has 0 aliphatic heterocycles. The Hall–Kier alpha value is -4.09. The van der Waals surface area contributed by atoms with Crippen LogP contribution in [0.2, 0.25) is 0 Å². The van der Waals surface area contributed by atoms with E-state index in [1.807, 2.05) is 6.92 Å². The number of nitrogens with one attached hydrogen (secondary N) is 3. The zero-order valence-electron chi connectivity index (χ0n) is 18.7. The van der Waals surface area contributed by atoms with E-state index in [-0.39, 0.29) is 29.2 Å². The van der Waals surface area contributed by atoms with E-state index in [1.165, 1.54) is 31.2 Å². The Balaban J connectivity index is 1.70. The van der Waals surface area contributed by atoms with E-state index in [0.717, 1.165) is 6.07 Å². The van der Waals surface area contributed by atoms with Gasteiger partial charge in [0.15, 0.2) is 0 Å². The molecule has 3 rings (SSSR count). The molecule has 9 nitrogen and oxygen atoms in total. The molecule has 186 valence electrons. The molecule has 0 saturated heterocycles. The molecule has 1 aromatic heterocycles. The summed E-state index contributed by atoms with van der Waals surface area (Å²) in [6, 6.07) is 5.52. The van der Waals surface area contributed by atoms with Crippen molar-refractivity contribution in [3.8, 4) is 0 Å². The van der Waals surface area contributed by atoms with Gasteiger partial charge < -0.3 is 25.5 Å². The highest BCUT2D eigenvalue weighted by Crippen LogP contribution is 2.34. The van der Waals surface area contributed by atoms with Gasteiger partial charge in [0.25, 0.3) is 16.8 Å². The molecular formula is C23H22F3N3O6. The Kier molecular flexibility index (Phi) is 7.32. The molecule has 0 aliphatic carbocycles. The lowest BCUT2D eigenvalue weighted by atomic mass is 10.0. The zero-order chi connectivity index (χ0) is 25.9. The second-order valence-corrected chi connectivity index (χ2v) is 7.82. The summed E-state index contributed by atoms with van der Waals surface area (Å²) >= 11 is 0. The number of rotatable bonds is 10.